The third kappa shape index (κ3) is 3.41. The van der Waals surface area contributed by atoms with Gasteiger partial charge < -0.3 is 5.73 Å². The Morgan fingerprint density at radius 1 is 1.50 bits per heavy atom. The first kappa shape index (κ1) is 15.5. The molecule has 0 radical (unpaired) electrons. The van der Waals surface area contributed by atoms with Gasteiger partial charge in [0.15, 0.2) is 0 Å². The standard InChI is InChI=1S/C11H13N3O2S4/c1-6-5-18-11(13-6)7(2)14-20(15,16)9-4-3-8(19-9)10(12)17/h3-5,7,14H,1-2H3,(H2,12,17). The first-order valence-electron chi connectivity index (χ1n) is 5.63. The molecule has 0 aliphatic rings. The number of thiazole rings is 1. The third-order valence-corrected chi connectivity index (χ3v) is 7.07. The van der Waals surface area contributed by atoms with Crippen molar-refractivity contribution in [3.05, 3.63) is 33.1 Å². The van der Waals surface area contributed by atoms with Crippen LogP contribution in [0.2, 0.25) is 0 Å². The van der Waals surface area contributed by atoms with Crippen LogP contribution in [0.1, 0.15) is 28.5 Å². The Balaban J connectivity index is 2.20. The molecule has 2 rings (SSSR count). The first-order valence-corrected chi connectivity index (χ1v) is 9.22. The Morgan fingerprint density at radius 2 is 2.20 bits per heavy atom. The van der Waals surface area contributed by atoms with Gasteiger partial charge in [-0.25, -0.2) is 18.1 Å². The number of nitrogens with two attached hydrogens (primary N) is 1. The van der Waals surface area contributed by atoms with E-state index in [1.165, 1.54) is 17.4 Å². The second-order valence-electron chi connectivity index (χ2n) is 4.15. The molecule has 3 N–H and O–H groups in total. The molecule has 20 heavy (non-hydrogen) atoms. The zero-order valence-corrected chi connectivity index (χ0v) is 14.0. The number of thiocarbonyl (C=S) groups is 1. The molecule has 0 amide bonds. The summed E-state index contributed by atoms with van der Waals surface area (Å²) in [5.41, 5.74) is 6.36. The van der Waals surface area contributed by atoms with E-state index in [1.807, 2.05) is 12.3 Å². The van der Waals surface area contributed by atoms with Gasteiger partial charge in [-0.05, 0) is 26.0 Å². The van der Waals surface area contributed by atoms with Crippen LogP contribution in [0.5, 0.6) is 0 Å². The van der Waals surface area contributed by atoms with E-state index in [0.717, 1.165) is 22.0 Å². The van der Waals surface area contributed by atoms with Gasteiger partial charge in [-0.3, -0.25) is 0 Å². The first-order chi connectivity index (χ1) is 9.29. The maximum absolute atomic E-state index is 12.3. The molecular formula is C11H13N3O2S4. The molecule has 0 aliphatic heterocycles. The van der Waals surface area contributed by atoms with Crippen molar-refractivity contribution in [2.24, 2.45) is 5.73 Å². The average Bonchev–Trinajstić information content (AvgIpc) is 2.96. The normalized spacial score (nSPS) is 13.3. The van der Waals surface area contributed by atoms with Crippen LogP contribution < -0.4 is 10.5 Å². The number of sulfonamides is 1. The van der Waals surface area contributed by atoms with E-state index < -0.39 is 10.0 Å². The number of aromatic nitrogens is 1. The largest absolute Gasteiger partial charge is 0.389 e. The summed E-state index contributed by atoms with van der Waals surface area (Å²) in [6, 6.07) is 2.73. The minimum absolute atomic E-state index is 0.194. The Hall–Kier alpha value is -0.870. The molecule has 1 unspecified atom stereocenters. The summed E-state index contributed by atoms with van der Waals surface area (Å²) in [7, 11) is -3.59. The van der Waals surface area contributed by atoms with Gasteiger partial charge in [0.25, 0.3) is 10.0 Å². The Labute approximate surface area is 130 Å². The molecule has 0 aromatic carbocycles. The maximum Gasteiger partial charge on any atom is 0.250 e. The van der Waals surface area contributed by atoms with Gasteiger partial charge in [-0.1, -0.05) is 12.2 Å². The van der Waals surface area contributed by atoms with Crippen LogP contribution in [-0.4, -0.2) is 18.4 Å². The molecule has 0 aliphatic carbocycles. The monoisotopic (exact) mass is 347 g/mol. The second-order valence-corrected chi connectivity index (χ2v) is 8.51. The second kappa shape index (κ2) is 5.86. The van der Waals surface area contributed by atoms with Crippen LogP contribution in [0.3, 0.4) is 0 Å². The molecule has 0 saturated heterocycles. The lowest BCUT2D eigenvalue weighted by atomic mass is 10.4. The van der Waals surface area contributed by atoms with Gasteiger partial charge in [-0.2, -0.15) is 0 Å². The summed E-state index contributed by atoms with van der Waals surface area (Å²) < 4.78 is 27.3. The summed E-state index contributed by atoms with van der Waals surface area (Å²) in [6.07, 6.45) is 0. The van der Waals surface area contributed by atoms with Crippen molar-refractivity contribution in [2.45, 2.75) is 24.1 Å². The van der Waals surface area contributed by atoms with Crippen molar-refractivity contribution in [3.8, 4) is 0 Å². The highest BCUT2D eigenvalue weighted by atomic mass is 32.2. The average molecular weight is 348 g/mol. The van der Waals surface area contributed by atoms with Gasteiger partial charge >= 0.3 is 0 Å². The van der Waals surface area contributed by atoms with Gasteiger partial charge in [0.2, 0.25) is 0 Å². The molecule has 0 saturated carbocycles. The molecule has 2 aromatic rings. The third-order valence-electron chi connectivity index (χ3n) is 2.43. The molecular weight excluding hydrogens is 334 g/mol. The Morgan fingerprint density at radius 3 is 2.70 bits per heavy atom. The lowest BCUT2D eigenvalue weighted by Gasteiger charge is -2.10. The van der Waals surface area contributed by atoms with Crippen LogP contribution >= 0.6 is 34.9 Å². The van der Waals surface area contributed by atoms with E-state index in [-0.39, 0.29) is 15.2 Å². The smallest absolute Gasteiger partial charge is 0.250 e. The summed E-state index contributed by atoms with van der Waals surface area (Å²) in [4.78, 5) is 5.05. The fourth-order valence-corrected chi connectivity index (χ4v) is 4.96. The molecule has 9 heteroatoms. The van der Waals surface area contributed by atoms with E-state index in [0.29, 0.717) is 4.88 Å². The van der Waals surface area contributed by atoms with Gasteiger partial charge in [0.05, 0.1) is 10.9 Å². The molecule has 2 aromatic heterocycles. The predicted molar refractivity (Wildman–Crippen MR) is 85.8 cm³/mol. The molecule has 5 nitrogen and oxygen atoms in total. The summed E-state index contributed by atoms with van der Waals surface area (Å²) in [5, 5.41) is 2.62. The summed E-state index contributed by atoms with van der Waals surface area (Å²) in [5.74, 6) is 0. The van der Waals surface area contributed by atoms with Gasteiger partial charge in [0.1, 0.15) is 14.2 Å². The van der Waals surface area contributed by atoms with E-state index in [9.17, 15) is 8.42 Å². The number of hydrogen-bond acceptors (Lipinski definition) is 6. The van der Waals surface area contributed by atoms with Crippen molar-refractivity contribution >= 4 is 49.9 Å². The maximum atomic E-state index is 12.3. The highest BCUT2D eigenvalue weighted by Crippen LogP contribution is 2.24. The molecule has 2 heterocycles. The highest BCUT2D eigenvalue weighted by molar-refractivity contribution is 7.91. The zero-order valence-electron chi connectivity index (χ0n) is 10.8. The van der Waals surface area contributed by atoms with Crippen LogP contribution in [0, 0.1) is 6.92 Å². The Kier molecular flexibility index (Phi) is 4.55. The van der Waals surface area contributed by atoms with Gasteiger partial charge in [-0.15, -0.1) is 22.7 Å². The molecule has 0 spiro atoms. The van der Waals surface area contributed by atoms with E-state index in [4.69, 9.17) is 18.0 Å². The zero-order chi connectivity index (χ0) is 14.9. The quantitative estimate of drug-likeness (QED) is 0.810. The number of nitrogens with zero attached hydrogens (tertiary/aromatic N) is 1. The highest BCUT2D eigenvalue weighted by Gasteiger charge is 2.22. The van der Waals surface area contributed by atoms with Crippen molar-refractivity contribution < 1.29 is 8.42 Å². The van der Waals surface area contributed by atoms with Crippen molar-refractivity contribution in [1.82, 2.24) is 9.71 Å². The molecule has 0 bridgehead atoms. The van der Waals surface area contributed by atoms with Crippen molar-refractivity contribution in [1.29, 1.82) is 0 Å². The van der Waals surface area contributed by atoms with Crippen LogP contribution in [-0.2, 0) is 10.0 Å². The van der Waals surface area contributed by atoms with Crippen LogP contribution in [0.15, 0.2) is 21.7 Å². The lowest BCUT2D eigenvalue weighted by Crippen LogP contribution is -2.26. The SMILES string of the molecule is Cc1csc(C(C)NS(=O)(=O)c2ccc(C(N)=S)s2)n1. The number of nitrogens with one attached hydrogen (secondary N) is 1. The molecule has 0 fully saturated rings. The van der Waals surface area contributed by atoms with E-state index in [1.54, 1.807) is 13.0 Å². The number of rotatable bonds is 5. The lowest BCUT2D eigenvalue weighted by molar-refractivity contribution is 0.568. The van der Waals surface area contributed by atoms with E-state index >= 15 is 0 Å². The minimum Gasteiger partial charge on any atom is -0.389 e. The van der Waals surface area contributed by atoms with Gasteiger partial charge in [0, 0.05) is 11.1 Å². The summed E-state index contributed by atoms with van der Waals surface area (Å²) >= 11 is 7.31. The summed E-state index contributed by atoms with van der Waals surface area (Å²) in [6.45, 7) is 3.63. The van der Waals surface area contributed by atoms with Crippen molar-refractivity contribution in [3.63, 3.8) is 0 Å². The number of hydrogen-bond donors (Lipinski definition) is 2. The number of thiophene rings is 1. The van der Waals surface area contributed by atoms with E-state index in [2.05, 4.69) is 9.71 Å². The van der Waals surface area contributed by atoms with Crippen LogP contribution in [0.4, 0.5) is 0 Å². The fraction of sp³-hybridized carbons (Fsp3) is 0.273. The topological polar surface area (TPSA) is 85.1 Å². The fourth-order valence-electron chi connectivity index (χ4n) is 1.51. The minimum atomic E-state index is -3.59. The molecule has 108 valence electrons. The van der Waals surface area contributed by atoms with Crippen LogP contribution in [0.25, 0.3) is 0 Å². The predicted octanol–water partition coefficient (Wildman–Crippen LogP) is 2.19. The Bertz CT molecular complexity index is 732. The molecule has 1 atom stereocenters. The number of aryl methyl sites for hydroxylation is 1. The van der Waals surface area contributed by atoms with Crippen molar-refractivity contribution in [2.75, 3.05) is 0 Å².